The molecule has 0 N–H and O–H groups in total. The van der Waals surface area contributed by atoms with Gasteiger partial charge in [-0.15, -0.1) is 0 Å². The van der Waals surface area contributed by atoms with Crippen molar-refractivity contribution in [2.45, 2.75) is 80.6 Å². The molecule has 1 aliphatic heterocycles. The van der Waals surface area contributed by atoms with Gasteiger partial charge >= 0.3 is 17.9 Å². The van der Waals surface area contributed by atoms with Crippen LogP contribution in [0.4, 0.5) is 0 Å². The van der Waals surface area contributed by atoms with Gasteiger partial charge in [0.1, 0.15) is 0 Å². The second-order valence-electron chi connectivity index (χ2n) is 10.0. The highest BCUT2D eigenvalue weighted by molar-refractivity contribution is 5.77. The number of rotatable bonds is 3. The predicted octanol–water partition coefficient (Wildman–Crippen LogP) is 2.89. The molecule has 0 spiro atoms. The van der Waals surface area contributed by atoms with E-state index < -0.39 is 52.5 Å². The fourth-order valence-corrected chi connectivity index (χ4v) is 2.01. The van der Waals surface area contributed by atoms with E-state index in [9.17, 15) is 14.4 Å². The number of carbonyl (C=O) groups excluding carboxylic acids is 3. The van der Waals surface area contributed by atoms with Crippen LogP contribution in [-0.4, -0.2) is 49.4 Å². The van der Waals surface area contributed by atoms with Gasteiger partial charge in [-0.2, -0.15) is 0 Å². The van der Waals surface area contributed by atoms with E-state index in [4.69, 9.17) is 18.9 Å². The third kappa shape index (κ3) is 6.79. The van der Waals surface area contributed by atoms with Gasteiger partial charge in [0.15, 0.2) is 18.3 Å². The van der Waals surface area contributed by atoms with Crippen LogP contribution in [0.1, 0.15) is 62.3 Å². The van der Waals surface area contributed by atoms with Gasteiger partial charge in [-0.05, 0) is 62.3 Å². The Morgan fingerprint density at radius 3 is 1.22 bits per heavy atom. The van der Waals surface area contributed by atoms with Gasteiger partial charge < -0.3 is 18.9 Å². The largest absolute Gasteiger partial charge is 0.455 e. The first-order valence-electron chi connectivity index (χ1n) is 9.24. The maximum atomic E-state index is 12.4. The molecule has 0 bridgehead atoms. The topological polar surface area (TPSA) is 88.1 Å². The van der Waals surface area contributed by atoms with Crippen molar-refractivity contribution in [3.63, 3.8) is 0 Å². The van der Waals surface area contributed by atoms with Gasteiger partial charge in [0.05, 0.1) is 29.5 Å². The lowest BCUT2D eigenvalue weighted by Crippen LogP contribution is -2.55. The van der Waals surface area contributed by atoms with E-state index in [2.05, 4.69) is 0 Å². The van der Waals surface area contributed by atoms with E-state index in [-0.39, 0.29) is 13.2 Å². The molecule has 1 saturated heterocycles. The Morgan fingerprint density at radius 2 is 0.926 bits per heavy atom. The van der Waals surface area contributed by atoms with Gasteiger partial charge in [-0.1, -0.05) is 0 Å². The minimum absolute atomic E-state index is 0.0630. The summed E-state index contributed by atoms with van der Waals surface area (Å²) in [5, 5.41) is 0. The average molecular weight is 386 g/mol. The lowest BCUT2D eigenvalue weighted by atomic mass is 9.95. The molecule has 1 aliphatic rings. The highest BCUT2D eigenvalue weighted by Crippen LogP contribution is 2.27. The molecule has 0 unspecified atom stereocenters. The predicted molar refractivity (Wildman–Crippen MR) is 98.8 cm³/mol. The lowest BCUT2D eigenvalue weighted by Gasteiger charge is -2.38. The van der Waals surface area contributed by atoms with Crippen LogP contribution in [0.15, 0.2) is 0 Å². The monoisotopic (exact) mass is 386 g/mol. The molecule has 0 aliphatic carbocycles. The van der Waals surface area contributed by atoms with Gasteiger partial charge in [0.25, 0.3) is 0 Å². The molecular formula is C20H34O7. The highest BCUT2D eigenvalue weighted by Gasteiger charge is 2.45. The second-order valence-corrected chi connectivity index (χ2v) is 10.0. The van der Waals surface area contributed by atoms with Gasteiger partial charge in [0, 0.05) is 0 Å². The number of ether oxygens (including phenoxy) is 4. The molecule has 0 amide bonds. The summed E-state index contributed by atoms with van der Waals surface area (Å²) in [4.78, 5) is 37.1. The molecular weight excluding hydrogens is 352 g/mol. The Bertz CT molecular complexity index is 524. The first-order chi connectivity index (χ1) is 12.0. The van der Waals surface area contributed by atoms with Crippen LogP contribution in [0.3, 0.4) is 0 Å². The molecule has 156 valence electrons. The van der Waals surface area contributed by atoms with E-state index in [1.165, 1.54) is 0 Å². The molecule has 7 nitrogen and oxygen atoms in total. The van der Waals surface area contributed by atoms with Crippen LogP contribution >= 0.6 is 0 Å². The van der Waals surface area contributed by atoms with Crippen LogP contribution < -0.4 is 0 Å². The maximum Gasteiger partial charge on any atom is 0.311 e. The molecule has 7 heteroatoms. The van der Waals surface area contributed by atoms with Crippen LogP contribution in [0, 0.1) is 16.2 Å². The number of esters is 3. The molecule has 27 heavy (non-hydrogen) atoms. The third-order valence-corrected chi connectivity index (χ3v) is 3.89. The second kappa shape index (κ2) is 8.17. The number of hydrogen-bond acceptors (Lipinski definition) is 7. The quantitative estimate of drug-likeness (QED) is 0.544. The van der Waals surface area contributed by atoms with Crippen LogP contribution in [0.5, 0.6) is 0 Å². The van der Waals surface area contributed by atoms with Crippen molar-refractivity contribution in [3.8, 4) is 0 Å². The molecule has 2 atom stereocenters. The summed E-state index contributed by atoms with van der Waals surface area (Å²) in [6, 6.07) is 0. The van der Waals surface area contributed by atoms with Crippen LogP contribution in [0.25, 0.3) is 0 Å². The fourth-order valence-electron chi connectivity index (χ4n) is 2.01. The zero-order chi connectivity index (χ0) is 21.2. The minimum Gasteiger partial charge on any atom is -0.455 e. The zero-order valence-electron chi connectivity index (χ0n) is 18.0. The van der Waals surface area contributed by atoms with Crippen molar-refractivity contribution in [3.05, 3.63) is 0 Å². The van der Waals surface area contributed by atoms with Crippen molar-refractivity contribution in [2.24, 2.45) is 16.2 Å². The first kappa shape index (κ1) is 23.4. The standard InChI is InChI=1S/C20H34O7/c1-18(2,3)15(21)25-12-10-24-11-13(26-16(22)19(4,5)6)14(12)27-17(23)20(7,8)9/h12-14H,10-11H2,1-9H3/t12-,13-/m1/s1. The Labute approximate surface area is 162 Å². The summed E-state index contributed by atoms with van der Waals surface area (Å²) in [6.07, 6.45) is -2.63. The molecule has 0 saturated carbocycles. The fraction of sp³-hybridized carbons (Fsp3) is 0.850. The Kier molecular flexibility index (Phi) is 7.08. The van der Waals surface area contributed by atoms with Gasteiger partial charge in [0.2, 0.25) is 0 Å². The van der Waals surface area contributed by atoms with Crippen LogP contribution in [0.2, 0.25) is 0 Å². The van der Waals surface area contributed by atoms with Crippen molar-refractivity contribution >= 4 is 17.9 Å². The Balaban J connectivity index is 3.07. The molecule has 1 rings (SSSR count). The SMILES string of the molecule is CC(C)(C)C(=O)OC1[C@H](OC(=O)C(C)(C)C)COC[C@H]1OC(=O)C(C)(C)C. The minimum atomic E-state index is -0.928. The summed E-state index contributed by atoms with van der Waals surface area (Å²) < 4.78 is 22.2. The molecule has 0 radical (unpaired) electrons. The van der Waals surface area contributed by atoms with Gasteiger partial charge in [-0.25, -0.2) is 0 Å². The summed E-state index contributed by atoms with van der Waals surface area (Å²) in [7, 11) is 0. The van der Waals surface area contributed by atoms with Crippen LogP contribution in [-0.2, 0) is 33.3 Å². The molecule has 0 aromatic rings. The summed E-state index contributed by atoms with van der Waals surface area (Å²) in [5.74, 6) is -1.37. The first-order valence-corrected chi connectivity index (χ1v) is 9.24. The lowest BCUT2D eigenvalue weighted by molar-refractivity contribution is -0.219. The average Bonchev–Trinajstić information content (AvgIpc) is 2.47. The van der Waals surface area contributed by atoms with Crippen molar-refractivity contribution in [1.82, 2.24) is 0 Å². The van der Waals surface area contributed by atoms with E-state index in [0.717, 1.165) is 0 Å². The summed E-state index contributed by atoms with van der Waals surface area (Å²) >= 11 is 0. The Morgan fingerprint density at radius 1 is 0.630 bits per heavy atom. The smallest absolute Gasteiger partial charge is 0.311 e. The summed E-state index contributed by atoms with van der Waals surface area (Å²) in [6.45, 7) is 15.7. The third-order valence-electron chi connectivity index (χ3n) is 3.89. The van der Waals surface area contributed by atoms with E-state index >= 15 is 0 Å². The van der Waals surface area contributed by atoms with Crippen molar-refractivity contribution < 1.29 is 33.3 Å². The van der Waals surface area contributed by atoms with Gasteiger partial charge in [-0.3, -0.25) is 14.4 Å². The highest BCUT2D eigenvalue weighted by atomic mass is 16.6. The van der Waals surface area contributed by atoms with E-state index in [1.807, 2.05) is 0 Å². The van der Waals surface area contributed by atoms with E-state index in [1.54, 1.807) is 62.3 Å². The number of carbonyl (C=O) groups is 3. The molecule has 1 heterocycles. The van der Waals surface area contributed by atoms with Crippen molar-refractivity contribution in [1.29, 1.82) is 0 Å². The summed E-state index contributed by atoms with van der Waals surface area (Å²) in [5.41, 5.74) is -2.21. The zero-order valence-corrected chi connectivity index (χ0v) is 18.0. The number of hydrogen-bond donors (Lipinski definition) is 0. The molecule has 0 aromatic carbocycles. The maximum absolute atomic E-state index is 12.4. The molecule has 1 fully saturated rings. The molecule has 0 aromatic heterocycles. The van der Waals surface area contributed by atoms with E-state index in [0.29, 0.717) is 0 Å². The Hall–Kier alpha value is -1.63. The van der Waals surface area contributed by atoms with Crippen molar-refractivity contribution in [2.75, 3.05) is 13.2 Å². The normalized spacial score (nSPS) is 22.1.